The van der Waals surface area contributed by atoms with Crippen LogP contribution in [0, 0.1) is 5.82 Å². The van der Waals surface area contributed by atoms with Gasteiger partial charge in [-0.15, -0.1) is 0 Å². The zero-order valence-corrected chi connectivity index (χ0v) is 19.8. The van der Waals surface area contributed by atoms with E-state index < -0.39 is 14.1 Å². The minimum Gasteiger partial charge on any atom is -0.473 e. The van der Waals surface area contributed by atoms with Gasteiger partial charge in [0.15, 0.2) is 5.15 Å². The smallest absolute Gasteiger partial charge is 0.321 e. The van der Waals surface area contributed by atoms with Crippen LogP contribution in [0.1, 0.15) is 20.8 Å². The van der Waals surface area contributed by atoms with Gasteiger partial charge in [-0.2, -0.15) is 14.4 Å². The highest BCUT2D eigenvalue weighted by molar-refractivity contribution is 6.99. The van der Waals surface area contributed by atoms with Gasteiger partial charge in [-0.05, 0) is 15.4 Å². The van der Waals surface area contributed by atoms with Crippen molar-refractivity contribution < 1.29 is 18.3 Å². The van der Waals surface area contributed by atoms with Crippen LogP contribution in [-0.4, -0.2) is 38.6 Å². The number of nitrogens with zero attached hydrogens (tertiary/aromatic N) is 2. The number of hydrogen-bond acceptors (Lipinski definition) is 5. The lowest BCUT2D eigenvalue weighted by atomic mass is 10.2. The standard InChI is InChI=1S/C23H26ClFN2O3Si/c1-23(2,3)31(17-11-7-5-8-12-17,18-13-9-6-10-14-18)30-16-15-29-21-19(25)20(24)26-22(27-21)28-4/h5-14H,15-16H2,1-4H3. The van der Waals surface area contributed by atoms with Crippen LogP contribution in [0.4, 0.5) is 4.39 Å². The van der Waals surface area contributed by atoms with E-state index in [-0.39, 0.29) is 35.3 Å². The lowest BCUT2D eigenvalue weighted by Crippen LogP contribution is -2.66. The second-order valence-corrected chi connectivity index (χ2v) is 12.6. The molecule has 0 aliphatic heterocycles. The van der Waals surface area contributed by atoms with E-state index in [9.17, 15) is 4.39 Å². The van der Waals surface area contributed by atoms with Gasteiger partial charge in [0.25, 0.3) is 14.2 Å². The number of ether oxygens (including phenoxy) is 2. The average Bonchev–Trinajstić information content (AvgIpc) is 2.76. The minimum atomic E-state index is -2.69. The number of halogens is 2. The SMILES string of the molecule is COc1nc(Cl)c(F)c(OCCO[Si](c2ccccc2)(c2ccccc2)C(C)(C)C)n1. The Morgan fingerprint density at radius 1 is 0.903 bits per heavy atom. The van der Waals surface area contributed by atoms with E-state index in [1.807, 2.05) is 36.4 Å². The van der Waals surface area contributed by atoms with Crippen molar-refractivity contribution >= 4 is 30.3 Å². The third-order valence-electron chi connectivity index (χ3n) is 5.00. The van der Waals surface area contributed by atoms with E-state index in [2.05, 4.69) is 55.0 Å². The second kappa shape index (κ2) is 9.76. The summed E-state index contributed by atoms with van der Waals surface area (Å²) in [6, 6.07) is 20.5. The van der Waals surface area contributed by atoms with Crippen LogP contribution in [0.3, 0.4) is 0 Å². The first kappa shape index (κ1) is 23.2. The zero-order valence-electron chi connectivity index (χ0n) is 18.1. The molecule has 3 aromatic rings. The molecule has 0 aliphatic carbocycles. The summed E-state index contributed by atoms with van der Waals surface area (Å²) in [5.74, 6) is -1.09. The summed E-state index contributed by atoms with van der Waals surface area (Å²) in [4.78, 5) is 7.58. The summed E-state index contributed by atoms with van der Waals surface area (Å²) in [6.07, 6.45) is 0. The number of rotatable bonds is 8. The van der Waals surface area contributed by atoms with Crippen LogP contribution >= 0.6 is 11.6 Å². The van der Waals surface area contributed by atoms with Crippen LogP contribution in [0.15, 0.2) is 60.7 Å². The van der Waals surface area contributed by atoms with Crippen LogP contribution in [0.5, 0.6) is 11.9 Å². The molecule has 2 aromatic carbocycles. The molecule has 0 atom stereocenters. The predicted molar refractivity (Wildman–Crippen MR) is 123 cm³/mol. The maximum atomic E-state index is 14.2. The highest BCUT2D eigenvalue weighted by Gasteiger charge is 2.50. The monoisotopic (exact) mass is 460 g/mol. The normalized spacial score (nSPS) is 11.9. The number of methoxy groups -OCH3 is 1. The molecule has 0 saturated carbocycles. The van der Waals surface area contributed by atoms with Gasteiger partial charge in [-0.3, -0.25) is 0 Å². The van der Waals surface area contributed by atoms with Gasteiger partial charge in [0.1, 0.15) is 6.61 Å². The molecule has 1 aromatic heterocycles. The van der Waals surface area contributed by atoms with E-state index in [1.54, 1.807) is 0 Å². The van der Waals surface area contributed by atoms with Crippen molar-refractivity contribution in [1.29, 1.82) is 0 Å². The first-order valence-corrected chi connectivity index (χ1v) is 12.2. The molecule has 0 saturated heterocycles. The van der Waals surface area contributed by atoms with Crippen LogP contribution in [-0.2, 0) is 4.43 Å². The molecule has 3 rings (SSSR count). The molecule has 164 valence electrons. The van der Waals surface area contributed by atoms with Crippen molar-refractivity contribution in [2.24, 2.45) is 0 Å². The fraction of sp³-hybridized carbons (Fsp3) is 0.304. The largest absolute Gasteiger partial charge is 0.473 e. The second-order valence-electron chi connectivity index (χ2n) is 7.98. The zero-order chi connectivity index (χ0) is 22.5. The molecule has 0 unspecified atom stereocenters. The van der Waals surface area contributed by atoms with Crippen molar-refractivity contribution in [2.45, 2.75) is 25.8 Å². The molecule has 0 N–H and O–H groups in total. The molecule has 0 bridgehead atoms. The Hall–Kier alpha value is -2.48. The lowest BCUT2D eigenvalue weighted by molar-refractivity contribution is 0.195. The summed E-state index contributed by atoms with van der Waals surface area (Å²) in [5.41, 5.74) is 0. The minimum absolute atomic E-state index is 0.0608. The number of hydrogen-bond donors (Lipinski definition) is 0. The van der Waals surface area contributed by atoms with Gasteiger partial charge in [-0.1, -0.05) is 93.0 Å². The summed E-state index contributed by atoms with van der Waals surface area (Å²) < 4.78 is 31.4. The summed E-state index contributed by atoms with van der Waals surface area (Å²) in [7, 11) is -1.31. The highest BCUT2D eigenvalue weighted by atomic mass is 35.5. The third kappa shape index (κ3) is 4.89. The fourth-order valence-electron chi connectivity index (χ4n) is 3.66. The van der Waals surface area contributed by atoms with Crippen molar-refractivity contribution in [1.82, 2.24) is 9.97 Å². The predicted octanol–water partition coefficient (Wildman–Crippen LogP) is 4.23. The summed E-state index contributed by atoms with van der Waals surface area (Å²) in [5, 5.41) is 1.80. The van der Waals surface area contributed by atoms with Crippen molar-refractivity contribution in [3.63, 3.8) is 0 Å². The molecule has 0 spiro atoms. The van der Waals surface area contributed by atoms with E-state index in [4.69, 9.17) is 25.5 Å². The Balaban J connectivity index is 1.88. The lowest BCUT2D eigenvalue weighted by Gasteiger charge is -2.43. The molecule has 0 fully saturated rings. The van der Waals surface area contributed by atoms with E-state index in [0.717, 1.165) is 10.4 Å². The van der Waals surface area contributed by atoms with Gasteiger partial charge >= 0.3 is 6.01 Å². The fourth-order valence-corrected chi connectivity index (χ4v) is 8.36. The first-order chi connectivity index (χ1) is 14.8. The molecular formula is C23H26ClFN2O3Si. The molecule has 31 heavy (non-hydrogen) atoms. The van der Waals surface area contributed by atoms with Gasteiger partial charge in [0.2, 0.25) is 5.82 Å². The van der Waals surface area contributed by atoms with E-state index in [1.165, 1.54) is 7.11 Å². The molecule has 1 heterocycles. The van der Waals surface area contributed by atoms with Crippen LogP contribution in [0.2, 0.25) is 10.2 Å². The molecule has 0 aliphatic rings. The molecule has 0 amide bonds. The Bertz CT molecular complexity index is 961. The van der Waals surface area contributed by atoms with Crippen molar-refractivity contribution in [3.05, 3.63) is 71.6 Å². The Morgan fingerprint density at radius 2 is 1.45 bits per heavy atom. The summed E-state index contributed by atoms with van der Waals surface area (Å²) >= 11 is 5.79. The number of aromatic nitrogens is 2. The molecule has 0 radical (unpaired) electrons. The maximum Gasteiger partial charge on any atom is 0.321 e. The van der Waals surface area contributed by atoms with Gasteiger partial charge in [0, 0.05) is 0 Å². The average molecular weight is 461 g/mol. The molecular weight excluding hydrogens is 435 g/mol. The van der Waals surface area contributed by atoms with E-state index >= 15 is 0 Å². The molecule has 8 heteroatoms. The Kier molecular flexibility index (Phi) is 7.30. The van der Waals surface area contributed by atoms with Crippen molar-refractivity contribution in [2.75, 3.05) is 20.3 Å². The van der Waals surface area contributed by atoms with Gasteiger partial charge in [0.05, 0.1) is 13.7 Å². The maximum absolute atomic E-state index is 14.2. The summed E-state index contributed by atoms with van der Waals surface area (Å²) in [6.45, 7) is 6.91. The molecule has 5 nitrogen and oxygen atoms in total. The van der Waals surface area contributed by atoms with Crippen LogP contribution < -0.4 is 19.8 Å². The van der Waals surface area contributed by atoms with Crippen LogP contribution in [0.25, 0.3) is 0 Å². The van der Waals surface area contributed by atoms with Gasteiger partial charge < -0.3 is 13.9 Å². The van der Waals surface area contributed by atoms with E-state index in [0.29, 0.717) is 0 Å². The van der Waals surface area contributed by atoms with Crippen molar-refractivity contribution in [3.8, 4) is 11.9 Å². The highest BCUT2D eigenvalue weighted by Crippen LogP contribution is 2.36. The Morgan fingerprint density at radius 3 is 1.94 bits per heavy atom. The third-order valence-corrected chi connectivity index (χ3v) is 10.3. The number of benzene rings is 2. The topological polar surface area (TPSA) is 53.5 Å². The quantitative estimate of drug-likeness (QED) is 0.286. The first-order valence-electron chi connectivity index (χ1n) is 9.94. The Labute approximate surface area is 188 Å². The van der Waals surface area contributed by atoms with Gasteiger partial charge in [-0.25, -0.2) is 0 Å².